The van der Waals surface area contributed by atoms with Crippen molar-refractivity contribution < 1.29 is 9.59 Å². The number of ketones is 1. The zero-order valence-corrected chi connectivity index (χ0v) is 14.3. The Morgan fingerprint density at radius 1 is 0.958 bits per heavy atom. The summed E-state index contributed by atoms with van der Waals surface area (Å²) in [5.41, 5.74) is 5.54. The van der Waals surface area contributed by atoms with Crippen molar-refractivity contribution in [2.75, 3.05) is 6.54 Å². The van der Waals surface area contributed by atoms with E-state index < -0.39 is 0 Å². The van der Waals surface area contributed by atoms with Gasteiger partial charge >= 0.3 is 0 Å². The van der Waals surface area contributed by atoms with E-state index in [1.165, 1.54) is 16.7 Å². The minimum Gasteiger partial charge on any atom is -0.338 e. The monoisotopic (exact) mass is 321 g/mol. The smallest absolute Gasteiger partial charge is 0.223 e. The van der Waals surface area contributed by atoms with Gasteiger partial charge in [0.1, 0.15) is 0 Å². The van der Waals surface area contributed by atoms with E-state index in [0.717, 1.165) is 18.5 Å². The predicted molar refractivity (Wildman–Crippen MR) is 95.0 cm³/mol. The zero-order chi connectivity index (χ0) is 17.1. The van der Waals surface area contributed by atoms with Crippen LogP contribution < -0.4 is 0 Å². The summed E-state index contributed by atoms with van der Waals surface area (Å²) in [6.07, 6.45) is 1.46. The Kier molecular flexibility index (Phi) is 4.79. The number of hydrogen-bond acceptors (Lipinski definition) is 2. The van der Waals surface area contributed by atoms with E-state index in [9.17, 15) is 9.59 Å². The van der Waals surface area contributed by atoms with E-state index in [1.807, 2.05) is 49.1 Å². The standard InChI is InChI=1S/C21H23NO2/c1-15-7-8-18(13-16(15)2)20(23)9-10-21(24)22-12-11-17-5-3-4-6-19(17)14-22/h3-8,13H,9-12,14H2,1-2H3. The molecular weight excluding hydrogens is 298 g/mol. The summed E-state index contributed by atoms with van der Waals surface area (Å²) < 4.78 is 0. The fourth-order valence-electron chi connectivity index (χ4n) is 3.15. The summed E-state index contributed by atoms with van der Waals surface area (Å²) in [6.45, 7) is 5.43. The van der Waals surface area contributed by atoms with Gasteiger partial charge in [0, 0.05) is 31.5 Å². The highest BCUT2D eigenvalue weighted by Crippen LogP contribution is 2.20. The Bertz CT molecular complexity index is 779. The summed E-state index contributed by atoms with van der Waals surface area (Å²) >= 11 is 0. The molecule has 24 heavy (non-hydrogen) atoms. The Labute approximate surface area is 143 Å². The molecule has 1 aliphatic heterocycles. The molecule has 0 fully saturated rings. The summed E-state index contributed by atoms with van der Waals surface area (Å²) in [6, 6.07) is 14.0. The van der Waals surface area contributed by atoms with Crippen LogP contribution in [0.2, 0.25) is 0 Å². The first kappa shape index (κ1) is 16.4. The van der Waals surface area contributed by atoms with Crippen molar-refractivity contribution in [2.24, 2.45) is 0 Å². The lowest BCUT2D eigenvalue weighted by Crippen LogP contribution is -2.36. The van der Waals surface area contributed by atoms with Gasteiger partial charge in [-0.25, -0.2) is 0 Å². The third-order valence-corrected chi connectivity index (χ3v) is 4.88. The molecule has 2 aromatic carbocycles. The number of nitrogens with zero attached hydrogens (tertiary/aromatic N) is 1. The lowest BCUT2D eigenvalue weighted by molar-refractivity contribution is -0.132. The highest BCUT2D eigenvalue weighted by atomic mass is 16.2. The molecule has 3 heteroatoms. The number of benzene rings is 2. The first-order valence-electron chi connectivity index (χ1n) is 8.49. The molecule has 124 valence electrons. The van der Waals surface area contributed by atoms with Gasteiger partial charge in [0.15, 0.2) is 5.78 Å². The first-order chi connectivity index (χ1) is 11.5. The maximum absolute atomic E-state index is 12.4. The number of Topliss-reactive ketones (excluding diaryl/α,β-unsaturated/α-hetero) is 1. The van der Waals surface area contributed by atoms with Crippen LogP contribution in [-0.4, -0.2) is 23.1 Å². The normalized spacial score (nSPS) is 13.5. The first-order valence-corrected chi connectivity index (χ1v) is 8.49. The second-order valence-corrected chi connectivity index (χ2v) is 6.56. The van der Waals surface area contributed by atoms with Crippen LogP contribution in [0.5, 0.6) is 0 Å². The van der Waals surface area contributed by atoms with E-state index in [1.54, 1.807) is 0 Å². The van der Waals surface area contributed by atoms with Crippen molar-refractivity contribution in [2.45, 2.75) is 39.7 Å². The van der Waals surface area contributed by atoms with Crippen molar-refractivity contribution in [1.29, 1.82) is 0 Å². The number of amides is 1. The van der Waals surface area contributed by atoms with Crippen molar-refractivity contribution in [1.82, 2.24) is 4.90 Å². The van der Waals surface area contributed by atoms with Crippen molar-refractivity contribution >= 4 is 11.7 Å². The second-order valence-electron chi connectivity index (χ2n) is 6.56. The quantitative estimate of drug-likeness (QED) is 0.802. The third kappa shape index (κ3) is 3.56. The molecule has 0 bridgehead atoms. The second kappa shape index (κ2) is 7.00. The van der Waals surface area contributed by atoms with Gasteiger partial charge in [-0.1, -0.05) is 36.4 Å². The zero-order valence-electron chi connectivity index (χ0n) is 14.3. The largest absolute Gasteiger partial charge is 0.338 e. The number of fused-ring (bicyclic) bond motifs is 1. The molecule has 1 heterocycles. The Balaban J connectivity index is 1.58. The van der Waals surface area contributed by atoms with Crippen LogP contribution in [-0.2, 0) is 17.8 Å². The van der Waals surface area contributed by atoms with E-state index in [-0.39, 0.29) is 24.5 Å². The highest BCUT2D eigenvalue weighted by Gasteiger charge is 2.21. The van der Waals surface area contributed by atoms with Crippen molar-refractivity contribution in [3.8, 4) is 0 Å². The lowest BCUT2D eigenvalue weighted by Gasteiger charge is -2.28. The molecule has 1 amide bonds. The van der Waals surface area contributed by atoms with Gasteiger partial charge in [-0.05, 0) is 48.6 Å². The minimum atomic E-state index is 0.0452. The van der Waals surface area contributed by atoms with E-state index in [4.69, 9.17) is 0 Å². The summed E-state index contributed by atoms with van der Waals surface area (Å²) in [4.78, 5) is 26.6. The average Bonchev–Trinajstić information content (AvgIpc) is 2.61. The molecule has 3 nitrogen and oxygen atoms in total. The lowest BCUT2D eigenvalue weighted by atomic mass is 9.98. The van der Waals surface area contributed by atoms with E-state index in [0.29, 0.717) is 12.1 Å². The number of rotatable bonds is 4. The molecular formula is C21H23NO2. The van der Waals surface area contributed by atoms with Crippen LogP contribution >= 0.6 is 0 Å². The molecule has 0 atom stereocenters. The molecule has 0 radical (unpaired) electrons. The molecule has 1 aliphatic rings. The fraction of sp³-hybridized carbons (Fsp3) is 0.333. The van der Waals surface area contributed by atoms with E-state index >= 15 is 0 Å². The molecule has 0 saturated heterocycles. The van der Waals surface area contributed by atoms with Gasteiger partial charge in [0.2, 0.25) is 5.91 Å². The minimum absolute atomic E-state index is 0.0452. The fourth-order valence-corrected chi connectivity index (χ4v) is 3.15. The summed E-state index contributed by atoms with van der Waals surface area (Å²) in [5, 5.41) is 0. The van der Waals surface area contributed by atoms with Gasteiger partial charge in [0.05, 0.1) is 0 Å². The highest BCUT2D eigenvalue weighted by molar-refractivity contribution is 5.98. The van der Waals surface area contributed by atoms with Gasteiger partial charge in [-0.3, -0.25) is 9.59 Å². The SMILES string of the molecule is Cc1ccc(C(=O)CCC(=O)N2CCc3ccccc3C2)cc1C. The number of hydrogen-bond donors (Lipinski definition) is 0. The molecule has 3 rings (SSSR count). The van der Waals surface area contributed by atoms with E-state index in [2.05, 4.69) is 12.1 Å². The van der Waals surface area contributed by atoms with Crippen molar-refractivity contribution in [3.05, 3.63) is 70.3 Å². The topological polar surface area (TPSA) is 37.4 Å². The van der Waals surface area contributed by atoms with Gasteiger partial charge in [0.25, 0.3) is 0 Å². The molecule has 0 unspecified atom stereocenters. The summed E-state index contributed by atoms with van der Waals surface area (Å²) in [7, 11) is 0. The molecule has 0 aromatic heterocycles. The Hall–Kier alpha value is -2.42. The molecule has 2 aromatic rings. The molecule has 0 aliphatic carbocycles. The van der Waals surface area contributed by atoms with Crippen LogP contribution in [0.1, 0.15) is 45.5 Å². The van der Waals surface area contributed by atoms with Crippen LogP contribution in [0.4, 0.5) is 0 Å². The summed E-state index contributed by atoms with van der Waals surface area (Å²) in [5.74, 6) is 0.116. The Morgan fingerprint density at radius 3 is 2.46 bits per heavy atom. The van der Waals surface area contributed by atoms with Gasteiger partial charge in [-0.15, -0.1) is 0 Å². The van der Waals surface area contributed by atoms with Crippen molar-refractivity contribution in [3.63, 3.8) is 0 Å². The number of aryl methyl sites for hydroxylation is 2. The van der Waals surface area contributed by atoms with Crippen LogP contribution in [0, 0.1) is 13.8 Å². The third-order valence-electron chi connectivity index (χ3n) is 4.88. The number of carbonyl (C=O) groups excluding carboxylic acids is 2. The molecule has 0 saturated carbocycles. The van der Waals surface area contributed by atoms with Crippen LogP contribution in [0.3, 0.4) is 0 Å². The molecule has 0 N–H and O–H groups in total. The maximum atomic E-state index is 12.4. The van der Waals surface area contributed by atoms with Gasteiger partial charge < -0.3 is 4.90 Å². The maximum Gasteiger partial charge on any atom is 0.223 e. The Morgan fingerprint density at radius 2 is 1.71 bits per heavy atom. The predicted octanol–water partition coefficient (Wildman–Crippen LogP) is 3.85. The van der Waals surface area contributed by atoms with Gasteiger partial charge in [-0.2, -0.15) is 0 Å². The number of carbonyl (C=O) groups is 2. The molecule has 0 spiro atoms. The van der Waals surface area contributed by atoms with Crippen LogP contribution in [0.25, 0.3) is 0 Å². The van der Waals surface area contributed by atoms with Crippen LogP contribution in [0.15, 0.2) is 42.5 Å². The average molecular weight is 321 g/mol.